The van der Waals surface area contributed by atoms with Crippen LogP contribution in [0, 0.1) is 11.3 Å². The molecular formula is C27H24Cl2N4O3. The molecule has 9 heteroatoms. The fourth-order valence-electron chi connectivity index (χ4n) is 4.40. The van der Waals surface area contributed by atoms with Gasteiger partial charge in [0.2, 0.25) is 0 Å². The molecule has 0 saturated carbocycles. The van der Waals surface area contributed by atoms with Crippen molar-refractivity contribution in [1.82, 2.24) is 9.88 Å². The third kappa shape index (κ3) is 4.86. The summed E-state index contributed by atoms with van der Waals surface area (Å²) in [5.74, 6) is 1.33. The molecule has 0 bridgehead atoms. The van der Waals surface area contributed by atoms with Crippen molar-refractivity contribution in [2.24, 2.45) is 0 Å². The van der Waals surface area contributed by atoms with Crippen LogP contribution in [0.15, 0.2) is 48.7 Å². The molecule has 1 aliphatic heterocycles. The van der Waals surface area contributed by atoms with Gasteiger partial charge in [-0.25, -0.2) is 0 Å². The van der Waals surface area contributed by atoms with E-state index in [9.17, 15) is 5.26 Å². The summed E-state index contributed by atoms with van der Waals surface area (Å²) in [6, 6.07) is 15.2. The maximum atomic E-state index is 9.75. The zero-order valence-electron chi connectivity index (χ0n) is 19.7. The zero-order chi connectivity index (χ0) is 25.1. The molecular weight excluding hydrogens is 499 g/mol. The number of pyridine rings is 1. The molecule has 0 spiro atoms. The Morgan fingerprint density at radius 2 is 1.86 bits per heavy atom. The third-order valence-corrected chi connectivity index (χ3v) is 6.78. The van der Waals surface area contributed by atoms with E-state index in [1.54, 1.807) is 31.5 Å². The Bertz CT molecular complexity index is 1470. The summed E-state index contributed by atoms with van der Waals surface area (Å²) in [6.07, 6.45) is 1.56. The number of hydrogen-bond donors (Lipinski definition) is 1. The molecule has 0 unspecified atom stereocenters. The first kappa shape index (κ1) is 24.4. The zero-order valence-corrected chi connectivity index (χ0v) is 21.2. The highest BCUT2D eigenvalue weighted by molar-refractivity contribution is 6.36. The molecule has 0 radical (unpaired) electrons. The lowest BCUT2D eigenvalue weighted by molar-refractivity contribution is 0.0321. The minimum absolute atomic E-state index is 0.405. The Labute approximate surface area is 219 Å². The molecule has 4 aromatic rings. The van der Waals surface area contributed by atoms with Crippen LogP contribution in [0.3, 0.4) is 0 Å². The van der Waals surface area contributed by atoms with Crippen molar-refractivity contribution in [3.05, 3.63) is 64.3 Å². The molecule has 184 valence electrons. The number of ether oxygens (including phenoxy) is 3. The van der Waals surface area contributed by atoms with E-state index in [-0.39, 0.29) is 0 Å². The van der Waals surface area contributed by atoms with Gasteiger partial charge in [-0.3, -0.25) is 9.88 Å². The monoisotopic (exact) mass is 522 g/mol. The van der Waals surface area contributed by atoms with Gasteiger partial charge in [-0.15, -0.1) is 0 Å². The molecule has 0 amide bonds. The van der Waals surface area contributed by atoms with Crippen molar-refractivity contribution >= 4 is 56.3 Å². The average molecular weight is 523 g/mol. The second-order valence-corrected chi connectivity index (χ2v) is 9.21. The van der Waals surface area contributed by atoms with Gasteiger partial charge in [-0.1, -0.05) is 23.2 Å². The summed E-state index contributed by atoms with van der Waals surface area (Å²) >= 11 is 12.4. The number of nitrogens with zero attached hydrogens (tertiary/aromatic N) is 3. The van der Waals surface area contributed by atoms with E-state index in [1.165, 1.54) is 0 Å². The smallest absolute Gasteiger partial charge is 0.168 e. The van der Waals surface area contributed by atoms with E-state index >= 15 is 0 Å². The Morgan fingerprint density at radius 3 is 2.61 bits per heavy atom. The van der Waals surface area contributed by atoms with Crippen LogP contribution in [0.4, 0.5) is 11.4 Å². The highest BCUT2D eigenvalue weighted by Crippen LogP contribution is 2.41. The molecule has 1 aromatic heterocycles. The Hall–Kier alpha value is -3.28. The van der Waals surface area contributed by atoms with E-state index < -0.39 is 0 Å². The largest absolute Gasteiger partial charge is 0.492 e. The summed E-state index contributed by atoms with van der Waals surface area (Å²) in [5, 5.41) is 16.6. The number of nitrogens with one attached hydrogen (secondary N) is 1. The number of methoxy groups -OCH3 is 1. The maximum Gasteiger partial charge on any atom is 0.168 e. The van der Waals surface area contributed by atoms with Gasteiger partial charge in [-0.05, 0) is 42.5 Å². The molecule has 1 fully saturated rings. The second-order valence-electron chi connectivity index (χ2n) is 8.36. The van der Waals surface area contributed by atoms with Gasteiger partial charge < -0.3 is 19.5 Å². The van der Waals surface area contributed by atoms with E-state index in [0.717, 1.165) is 54.5 Å². The molecule has 1 saturated heterocycles. The standard InChI is InChI=1S/C27H24Cl2N4O3/c1-34-27-20-3-4-21-25(32-23-6-2-18(28)14-22(23)29)17(15-30)16-31-26(21)19(20)5-7-24(27)36-13-10-33-8-11-35-12-9-33/h2-7,14,16H,8-13H2,1H3,(H,31,32). The first-order valence-electron chi connectivity index (χ1n) is 11.6. The minimum Gasteiger partial charge on any atom is -0.492 e. The first-order chi connectivity index (χ1) is 17.6. The lowest BCUT2D eigenvalue weighted by atomic mass is 10.0. The van der Waals surface area contributed by atoms with Gasteiger partial charge in [0.25, 0.3) is 0 Å². The van der Waals surface area contributed by atoms with Gasteiger partial charge in [0, 0.05) is 47.0 Å². The van der Waals surface area contributed by atoms with Crippen LogP contribution in [-0.4, -0.2) is 56.4 Å². The van der Waals surface area contributed by atoms with E-state index in [1.807, 2.05) is 24.3 Å². The fraction of sp³-hybridized carbons (Fsp3) is 0.259. The fourth-order valence-corrected chi connectivity index (χ4v) is 4.86. The topological polar surface area (TPSA) is 79.6 Å². The predicted octanol–water partition coefficient (Wildman–Crippen LogP) is 6.03. The van der Waals surface area contributed by atoms with Crippen molar-refractivity contribution in [3.8, 4) is 17.6 Å². The van der Waals surface area contributed by atoms with E-state index in [0.29, 0.717) is 45.1 Å². The molecule has 0 aliphatic carbocycles. The number of aromatic nitrogens is 1. The van der Waals surface area contributed by atoms with E-state index in [2.05, 4.69) is 21.3 Å². The maximum absolute atomic E-state index is 9.75. The number of fused-ring (bicyclic) bond motifs is 3. The molecule has 36 heavy (non-hydrogen) atoms. The Balaban J connectivity index is 1.51. The van der Waals surface area contributed by atoms with Crippen LogP contribution in [0.1, 0.15) is 5.56 Å². The highest BCUT2D eigenvalue weighted by atomic mass is 35.5. The first-order valence-corrected chi connectivity index (χ1v) is 12.3. The average Bonchev–Trinajstić information content (AvgIpc) is 2.90. The SMILES string of the molecule is COc1c(OCCN2CCOCC2)ccc2c1ccc1c(Nc3ccc(Cl)cc3Cl)c(C#N)cnc12. The van der Waals surface area contributed by atoms with Crippen LogP contribution < -0.4 is 14.8 Å². The number of rotatable bonds is 7. The molecule has 0 atom stereocenters. The Morgan fingerprint density at radius 1 is 1.08 bits per heavy atom. The van der Waals surface area contributed by atoms with Crippen molar-refractivity contribution < 1.29 is 14.2 Å². The Kier molecular flexibility index (Phi) is 7.30. The third-order valence-electron chi connectivity index (χ3n) is 6.23. The minimum atomic E-state index is 0.405. The molecule has 5 rings (SSSR count). The molecule has 1 aliphatic rings. The molecule has 7 nitrogen and oxygen atoms in total. The van der Waals surface area contributed by atoms with Gasteiger partial charge in [0.1, 0.15) is 12.7 Å². The van der Waals surface area contributed by atoms with Crippen molar-refractivity contribution in [2.75, 3.05) is 51.9 Å². The summed E-state index contributed by atoms with van der Waals surface area (Å²) in [7, 11) is 1.63. The molecule has 2 heterocycles. The van der Waals surface area contributed by atoms with Crippen molar-refractivity contribution in [1.29, 1.82) is 5.26 Å². The summed E-state index contributed by atoms with van der Waals surface area (Å²) in [4.78, 5) is 6.94. The van der Waals surface area contributed by atoms with Gasteiger partial charge in [0.15, 0.2) is 11.5 Å². The van der Waals surface area contributed by atoms with Crippen LogP contribution in [-0.2, 0) is 4.74 Å². The van der Waals surface area contributed by atoms with Crippen LogP contribution >= 0.6 is 23.2 Å². The number of morpholine rings is 1. The van der Waals surface area contributed by atoms with Gasteiger partial charge in [-0.2, -0.15) is 5.26 Å². The summed E-state index contributed by atoms with van der Waals surface area (Å²) < 4.78 is 17.3. The van der Waals surface area contributed by atoms with Crippen LogP contribution in [0.2, 0.25) is 10.0 Å². The summed E-state index contributed by atoms with van der Waals surface area (Å²) in [5.41, 5.74) is 2.41. The van der Waals surface area contributed by atoms with Gasteiger partial charge in [0.05, 0.1) is 47.8 Å². The van der Waals surface area contributed by atoms with Gasteiger partial charge >= 0.3 is 0 Å². The van der Waals surface area contributed by atoms with Crippen molar-refractivity contribution in [3.63, 3.8) is 0 Å². The summed E-state index contributed by atoms with van der Waals surface area (Å²) in [6.45, 7) is 4.72. The number of anilines is 2. The number of nitriles is 1. The number of hydrogen-bond acceptors (Lipinski definition) is 7. The lowest BCUT2D eigenvalue weighted by Gasteiger charge is -2.26. The number of halogens is 2. The second kappa shape index (κ2) is 10.8. The molecule has 3 aromatic carbocycles. The van der Waals surface area contributed by atoms with E-state index in [4.69, 9.17) is 37.4 Å². The quantitative estimate of drug-likeness (QED) is 0.297. The van der Waals surface area contributed by atoms with Crippen LogP contribution in [0.5, 0.6) is 11.5 Å². The van der Waals surface area contributed by atoms with Crippen LogP contribution in [0.25, 0.3) is 21.7 Å². The lowest BCUT2D eigenvalue weighted by Crippen LogP contribution is -2.38. The highest BCUT2D eigenvalue weighted by Gasteiger charge is 2.17. The van der Waals surface area contributed by atoms with Crippen molar-refractivity contribution in [2.45, 2.75) is 0 Å². The molecule has 1 N–H and O–H groups in total. The number of benzene rings is 3. The predicted molar refractivity (Wildman–Crippen MR) is 143 cm³/mol. The normalized spacial score (nSPS) is 14.1.